The predicted molar refractivity (Wildman–Crippen MR) is 61.5 cm³/mol. The zero-order valence-corrected chi connectivity index (χ0v) is 9.18. The van der Waals surface area contributed by atoms with E-state index in [0.29, 0.717) is 13.2 Å². The Hall–Kier alpha value is -1.74. The molecule has 0 aliphatic carbocycles. The maximum atomic E-state index is 5.46. The van der Waals surface area contributed by atoms with Crippen LogP contribution >= 0.6 is 0 Å². The maximum Gasteiger partial charge on any atom is 0.133 e. The minimum atomic E-state index is 0.566. The summed E-state index contributed by atoms with van der Waals surface area (Å²) >= 11 is 0. The molecule has 0 radical (unpaired) electrons. The van der Waals surface area contributed by atoms with Gasteiger partial charge >= 0.3 is 0 Å². The van der Waals surface area contributed by atoms with Gasteiger partial charge in [0.05, 0.1) is 12.9 Å². The average Bonchev–Trinajstić information content (AvgIpc) is 2.84. The van der Waals surface area contributed by atoms with Gasteiger partial charge in [-0.05, 0) is 36.4 Å². The summed E-state index contributed by atoms with van der Waals surface area (Å²) in [6.45, 7) is 1.16. The average molecular weight is 218 g/mol. The number of methoxy groups -OCH3 is 1. The Morgan fingerprint density at radius 2 is 1.88 bits per heavy atom. The minimum Gasteiger partial charge on any atom is -0.491 e. The van der Waals surface area contributed by atoms with Crippen molar-refractivity contribution in [2.75, 3.05) is 20.3 Å². The van der Waals surface area contributed by atoms with Crippen LogP contribution in [-0.2, 0) is 4.74 Å². The van der Waals surface area contributed by atoms with Crippen LogP contribution in [0.1, 0.15) is 0 Å². The van der Waals surface area contributed by atoms with E-state index in [2.05, 4.69) is 0 Å². The third-order valence-electron chi connectivity index (χ3n) is 2.22. The highest BCUT2D eigenvalue weighted by Crippen LogP contribution is 2.22. The molecule has 0 saturated heterocycles. The van der Waals surface area contributed by atoms with E-state index in [1.165, 1.54) is 0 Å². The van der Waals surface area contributed by atoms with E-state index < -0.39 is 0 Å². The van der Waals surface area contributed by atoms with Gasteiger partial charge in [-0.15, -0.1) is 0 Å². The Balaban J connectivity index is 2.00. The fraction of sp³-hybridized carbons (Fsp3) is 0.231. The van der Waals surface area contributed by atoms with E-state index in [4.69, 9.17) is 13.9 Å². The molecule has 16 heavy (non-hydrogen) atoms. The van der Waals surface area contributed by atoms with E-state index in [9.17, 15) is 0 Å². The van der Waals surface area contributed by atoms with E-state index in [1.54, 1.807) is 13.4 Å². The molecule has 3 nitrogen and oxygen atoms in total. The van der Waals surface area contributed by atoms with Gasteiger partial charge in [0.1, 0.15) is 18.1 Å². The molecule has 0 spiro atoms. The van der Waals surface area contributed by atoms with Crippen molar-refractivity contribution < 1.29 is 13.9 Å². The largest absolute Gasteiger partial charge is 0.491 e. The lowest BCUT2D eigenvalue weighted by molar-refractivity contribution is 0.146. The maximum absolute atomic E-state index is 5.46. The second-order valence-electron chi connectivity index (χ2n) is 3.34. The predicted octanol–water partition coefficient (Wildman–Crippen LogP) is 2.97. The lowest BCUT2D eigenvalue weighted by Crippen LogP contribution is -2.03. The zero-order chi connectivity index (χ0) is 11.2. The van der Waals surface area contributed by atoms with Gasteiger partial charge in [-0.3, -0.25) is 0 Å². The van der Waals surface area contributed by atoms with Gasteiger partial charge in [0, 0.05) is 12.7 Å². The van der Waals surface area contributed by atoms with Gasteiger partial charge < -0.3 is 13.9 Å². The fourth-order valence-corrected chi connectivity index (χ4v) is 1.40. The molecular formula is C13H14O3. The number of benzene rings is 1. The summed E-state index contributed by atoms with van der Waals surface area (Å²) in [5.74, 6) is 1.70. The molecule has 0 fully saturated rings. The van der Waals surface area contributed by atoms with Crippen molar-refractivity contribution in [1.29, 1.82) is 0 Å². The third-order valence-corrected chi connectivity index (χ3v) is 2.22. The molecule has 2 aromatic rings. The standard InChI is InChI=1S/C13H14O3/c1-14-9-10-15-12-6-4-11(5-7-12)13-3-2-8-16-13/h2-8H,9-10H2,1H3. The number of hydrogen-bond acceptors (Lipinski definition) is 3. The van der Waals surface area contributed by atoms with E-state index in [1.807, 2.05) is 36.4 Å². The second-order valence-corrected chi connectivity index (χ2v) is 3.34. The molecule has 0 aliphatic rings. The molecule has 0 atom stereocenters. The molecule has 1 heterocycles. The van der Waals surface area contributed by atoms with Crippen molar-refractivity contribution in [3.05, 3.63) is 42.7 Å². The van der Waals surface area contributed by atoms with Crippen LogP contribution < -0.4 is 4.74 Å². The van der Waals surface area contributed by atoms with Crippen molar-refractivity contribution in [3.63, 3.8) is 0 Å². The third kappa shape index (κ3) is 2.64. The minimum absolute atomic E-state index is 0.566. The van der Waals surface area contributed by atoms with Gasteiger partial charge in [-0.1, -0.05) is 0 Å². The van der Waals surface area contributed by atoms with Gasteiger partial charge in [0.25, 0.3) is 0 Å². The quantitative estimate of drug-likeness (QED) is 0.723. The molecule has 0 aliphatic heterocycles. The van der Waals surface area contributed by atoms with Crippen molar-refractivity contribution in [3.8, 4) is 17.1 Å². The molecule has 84 valence electrons. The number of rotatable bonds is 5. The van der Waals surface area contributed by atoms with E-state index in [-0.39, 0.29) is 0 Å². The highest BCUT2D eigenvalue weighted by molar-refractivity contribution is 5.58. The van der Waals surface area contributed by atoms with Crippen LogP contribution in [0.3, 0.4) is 0 Å². The van der Waals surface area contributed by atoms with Crippen LogP contribution in [0.15, 0.2) is 47.1 Å². The molecule has 0 saturated carbocycles. The summed E-state index contributed by atoms with van der Waals surface area (Å²) in [4.78, 5) is 0. The topological polar surface area (TPSA) is 31.6 Å². The Kier molecular flexibility index (Phi) is 3.62. The number of hydrogen-bond donors (Lipinski definition) is 0. The van der Waals surface area contributed by atoms with Crippen LogP contribution in [0.5, 0.6) is 5.75 Å². The molecular weight excluding hydrogens is 204 g/mol. The molecule has 1 aromatic heterocycles. The smallest absolute Gasteiger partial charge is 0.133 e. The van der Waals surface area contributed by atoms with Crippen molar-refractivity contribution in [1.82, 2.24) is 0 Å². The lowest BCUT2D eigenvalue weighted by Gasteiger charge is -2.05. The highest BCUT2D eigenvalue weighted by atomic mass is 16.5. The first-order valence-corrected chi connectivity index (χ1v) is 5.16. The van der Waals surface area contributed by atoms with Crippen LogP contribution in [0.2, 0.25) is 0 Å². The van der Waals surface area contributed by atoms with Crippen LogP contribution in [0.4, 0.5) is 0 Å². The Morgan fingerprint density at radius 3 is 2.50 bits per heavy atom. The Labute approximate surface area is 94.6 Å². The van der Waals surface area contributed by atoms with Gasteiger partial charge in [-0.2, -0.15) is 0 Å². The van der Waals surface area contributed by atoms with Gasteiger partial charge in [0.15, 0.2) is 0 Å². The molecule has 0 amide bonds. The summed E-state index contributed by atoms with van der Waals surface area (Å²) in [6.07, 6.45) is 1.67. The first-order chi connectivity index (χ1) is 7.90. The van der Waals surface area contributed by atoms with Crippen molar-refractivity contribution in [2.45, 2.75) is 0 Å². The fourth-order valence-electron chi connectivity index (χ4n) is 1.40. The molecule has 0 N–H and O–H groups in total. The summed E-state index contributed by atoms with van der Waals surface area (Å²) in [5, 5.41) is 0. The van der Waals surface area contributed by atoms with Crippen LogP contribution in [0, 0.1) is 0 Å². The Bertz CT molecular complexity index is 403. The molecule has 0 unspecified atom stereocenters. The number of furan rings is 1. The summed E-state index contributed by atoms with van der Waals surface area (Å²) in [6, 6.07) is 11.6. The summed E-state index contributed by atoms with van der Waals surface area (Å²) in [7, 11) is 1.66. The zero-order valence-electron chi connectivity index (χ0n) is 9.18. The van der Waals surface area contributed by atoms with Crippen LogP contribution in [-0.4, -0.2) is 20.3 Å². The van der Waals surface area contributed by atoms with E-state index in [0.717, 1.165) is 17.1 Å². The molecule has 2 rings (SSSR count). The van der Waals surface area contributed by atoms with E-state index >= 15 is 0 Å². The van der Waals surface area contributed by atoms with Gasteiger partial charge in [-0.25, -0.2) is 0 Å². The Morgan fingerprint density at radius 1 is 1.06 bits per heavy atom. The van der Waals surface area contributed by atoms with Crippen molar-refractivity contribution >= 4 is 0 Å². The number of ether oxygens (including phenoxy) is 2. The van der Waals surface area contributed by atoms with Gasteiger partial charge in [0.2, 0.25) is 0 Å². The molecule has 1 aromatic carbocycles. The summed E-state index contributed by atoms with van der Waals surface area (Å²) in [5.41, 5.74) is 1.05. The normalized spacial score (nSPS) is 10.3. The van der Waals surface area contributed by atoms with Crippen LogP contribution in [0.25, 0.3) is 11.3 Å². The second kappa shape index (κ2) is 5.37. The highest BCUT2D eigenvalue weighted by Gasteiger charge is 2.00. The summed E-state index contributed by atoms with van der Waals surface area (Å²) < 4.78 is 15.7. The van der Waals surface area contributed by atoms with Crippen molar-refractivity contribution in [2.24, 2.45) is 0 Å². The SMILES string of the molecule is COCCOc1ccc(-c2ccco2)cc1. The lowest BCUT2D eigenvalue weighted by atomic mass is 10.2. The monoisotopic (exact) mass is 218 g/mol. The first kappa shape index (κ1) is 10.8. The first-order valence-electron chi connectivity index (χ1n) is 5.16. The molecule has 0 bridgehead atoms. The molecule has 3 heteroatoms.